The first-order chi connectivity index (χ1) is 8.15. The van der Waals surface area contributed by atoms with Gasteiger partial charge in [-0.3, -0.25) is 4.79 Å². The lowest BCUT2D eigenvalue weighted by Crippen LogP contribution is -2.31. The summed E-state index contributed by atoms with van der Waals surface area (Å²) in [6.45, 7) is 0.585. The molecule has 2 nitrogen and oxygen atoms in total. The molecule has 0 heterocycles. The number of benzene rings is 1. The predicted octanol–water partition coefficient (Wildman–Crippen LogP) is 3.13. The normalized spacial score (nSPS) is 16.6. The van der Waals surface area contributed by atoms with Crippen LogP contribution < -0.4 is 5.32 Å². The molecule has 17 heavy (non-hydrogen) atoms. The van der Waals surface area contributed by atoms with E-state index in [9.17, 15) is 4.79 Å². The summed E-state index contributed by atoms with van der Waals surface area (Å²) in [5, 5.41) is 2.99. The Bertz CT molecular complexity index is 389. The number of alkyl halides is 1. The number of nitrogens with one attached hydrogen (secondary N) is 1. The topological polar surface area (TPSA) is 29.1 Å². The summed E-state index contributed by atoms with van der Waals surface area (Å²) in [6.07, 6.45) is 2.83. The minimum atomic E-state index is 0.0404. The predicted molar refractivity (Wildman–Crippen MR) is 73.2 cm³/mol. The number of carbonyl (C=O) groups is 1. The van der Waals surface area contributed by atoms with Crippen molar-refractivity contribution in [2.45, 2.75) is 24.6 Å². The summed E-state index contributed by atoms with van der Waals surface area (Å²) in [5.74, 6) is 0.656. The largest absolute Gasteiger partial charge is 0.354 e. The molecule has 0 spiro atoms. The Hall–Kier alpha value is -0.540. The van der Waals surface area contributed by atoms with Crippen LogP contribution in [0.25, 0.3) is 0 Å². The lowest BCUT2D eigenvalue weighted by Gasteiger charge is -2.09. The van der Waals surface area contributed by atoms with E-state index in [1.807, 2.05) is 24.3 Å². The molecule has 0 aromatic heterocycles. The van der Waals surface area contributed by atoms with E-state index in [4.69, 9.17) is 11.6 Å². The molecule has 1 fully saturated rings. The fourth-order valence-electron chi connectivity index (χ4n) is 1.69. The van der Waals surface area contributed by atoms with E-state index in [2.05, 4.69) is 21.2 Å². The van der Waals surface area contributed by atoms with Crippen LogP contribution in [0.4, 0.5) is 0 Å². The molecule has 0 bridgehead atoms. The van der Waals surface area contributed by atoms with Crippen LogP contribution in [0.5, 0.6) is 0 Å². The van der Waals surface area contributed by atoms with Crippen molar-refractivity contribution in [1.82, 2.24) is 5.32 Å². The summed E-state index contributed by atoms with van der Waals surface area (Å²) in [4.78, 5) is 11.7. The highest BCUT2D eigenvalue weighted by Gasteiger charge is 2.29. The first-order valence-corrected chi connectivity index (χ1v) is 7.03. The van der Waals surface area contributed by atoms with Crippen LogP contribution >= 0.6 is 27.5 Å². The van der Waals surface area contributed by atoms with E-state index in [0.717, 1.165) is 10.0 Å². The molecule has 4 heteroatoms. The van der Waals surface area contributed by atoms with Crippen LogP contribution in [0.1, 0.15) is 18.4 Å². The van der Waals surface area contributed by atoms with Crippen LogP contribution in [0, 0.1) is 5.92 Å². The third-order valence-electron chi connectivity index (χ3n) is 2.91. The molecule has 1 saturated carbocycles. The molecule has 0 saturated heterocycles. The first kappa shape index (κ1) is 12.9. The monoisotopic (exact) mass is 315 g/mol. The summed E-state index contributed by atoms with van der Waals surface area (Å²) >= 11 is 9.49. The number of hydrogen-bond donors (Lipinski definition) is 1. The van der Waals surface area contributed by atoms with E-state index in [0.29, 0.717) is 18.9 Å². The number of amides is 1. The fourth-order valence-corrected chi connectivity index (χ4v) is 2.28. The van der Waals surface area contributed by atoms with E-state index < -0.39 is 0 Å². The molecule has 1 amide bonds. The Labute approximate surface area is 115 Å². The van der Waals surface area contributed by atoms with E-state index in [1.165, 1.54) is 12.8 Å². The van der Waals surface area contributed by atoms with Crippen LogP contribution in [0.3, 0.4) is 0 Å². The summed E-state index contributed by atoms with van der Waals surface area (Å²) in [5.41, 5.74) is 1.02. The van der Waals surface area contributed by atoms with Gasteiger partial charge in [0.05, 0.1) is 11.8 Å². The van der Waals surface area contributed by atoms with E-state index in [1.54, 1.807) is 0 Å². The van der Waals surface area contributed by atoms with Crippen LogP contribution in [-0.4, -0.2) is 17.8 Å². The van der Waals surface area contributed by atoms with E-state index in [-0.39, 0.29) is 11.3 Å². The molecular formula is C13H15BrClNO. The molecule has 2 rings (SSSR count). The average molecular weight is 317 g/mol. The second kappa shape index (κ2) is 5.87. The molecule has 1 unspecified atom stereocenters. The number of halogens is 2. The average Bonchev–Trinajstić information content (AvgIpc) is 3.13. The summed E-state index contributed by atoms with van der Waals surface area (Å²) in [6, 6.07) is 7.78. The lowest BCUT2D eigenvalue weighted by molar-refractivity contribution is -0.120. The van der Waals surface area contributed by atoms with Gasteiger partial charge in [0.25, 0.3) is 0 Å². The highest BCUT2D eigenvalue weighted by molar-refractivity contribution is 9.10. The fraction of sp³-hybridized carbons (Fsp3) is 0.462. The van der Waals surface area contributed by atoms with Crippen LogP contribution in [0.15, 0.2) is 28.7 Å². The minimum Gasteiger partial charge on any atom is -0.354 e. The zero-order valence-corrected chi connectivity index (χ0v) is 11.8. The third kappa shape index (κ3) is 4.32. The molecule has 1 atom stereocenters. The lowest BCUT2D eigenvalue weighted by atomic mass is 10.1. The third-order valence-corrected chi connectivity index (χ3v) is 3.95. The molecule has 1 aliphatic rings. The minimum absolute atomic E-state index is 0.0404. The van der Waals surface area contributed by atoms with Gasteiger partial charge in [-0.25, -0.2) is 0 Å². The molecule has 0 radical (unpaired) electrons. The Morgan fingerprint density at radius 2 is 2.06 bits per heavy atom. The van der Waals surface area contributed by atoms with Crippen LogP contribution in [0.2, 0.25) is 0 Å². The van der Waals surface area contributed by atoms with Gasteiger partial charge in [-0.2, -0.15) is 0 Å². The number of rotatable bonds is 5. The molecular weight excluding hydrogens is 302 g/mol. The second-order valence-electron chi connectivity index (χ2n) is 4.46. The highest BCUT2D eigenvalue weighted by atomic mass is 79.9. The van der Waals surface area contributed by atoms with Gasteiger partial charge in [0.15, 0.2) is 0 Å². The van der Waals surface area contributed by atoms with Gasteiger partial charge < -0.3 is 5.32 Å². The molecule has 1 aromatic rings. The maximum Gasteiger partial charge on any atom is 0.224 e. The van der Waals surface area contributed by atoms with Crippen molar-refractivity contribution in [3.8, 4) is 0 Å². The summed E-state index contributed by atoms with van der Waals surface area (Å²) in [7, 11) is 0. The highest BCUT2D eigenvalue weighted by Crippen LogP contribution is 2.35. The van der Waals surface area contributed by atoms with Gasteiger partial charge >= 0.3 is 0 Å². The zero-order valence-electron chi connectivity index (χ0n) is 9.46. The standard InChI is InChI=1S/C13H15BrClNO/c14-11-5-1-9(2-6-11)7-13(17)16-8-12(15)10-3-4-10/h1-2,5-6,10,12H,3-4,7-8H2,(H,16,17). The maximum absolute atomic E-state index is 11.7. The molecule has 0 aliphatic heterocycles. The van der Waals surface area contributed by atoms with Gasteiger partial charge in [-0.05, 0) is 36.5 Å². The van der Waals surface area contributed by atoms with Crippen LogP contribution in [-0.2, 0) is 11.2 Å². The summed E-state index contributed by atoms with van der Waals surface area (Å²) < 4.78 is 1.02. The zero-order chi connectivity index (χ0) is 12.3. The van der Waals surface area contributed by atoms with Crippen molar-refractivity contribution in [2.24, 2.45) is 5.92 Å². The van der Waals surface area contributed by atoms with Gasteiger partial charge in [-0.1, -0.05) is 28.1 Å². The molecule has 1 N–H and O–H groups in total. The van der Waals surface area contributed by atoms with Gasteiger partial charge in [0.2, 0.25) is 5.91 Å². The smallest absolute Gasteiger partial charge is 0.224 e. The van der Waals surface area contributed by atoms with Gasteiger partial charge in [0, 0.05) is 11.0 Å². The Morgan fingerprint density at radius 3 is 2.65 bits per heavy atom. The van der Waals surface area contributed by atoms with Crippen molar-refractivity contribution >= 4 is 33.4 Å². The molecule has 1 aliphatic carbocycles. The van der Waals surface area contributed by atoms with Crippen molar-refractivity contribution in [2.75, 3.05) is 6.54 Å². The molecule has 92 valence electrons. The van der Waals surface area contributed by atoms with E-state index >= 15 is 0 Å². The number of carbonyl (C=O) groups excluding carboxylic acids is 1. The SMILES string of the molecule is O=C(Cc1ccc(Br)cc1)NCC(Cl)C1CC1. The quantitative estimate of drug-likeness (QED) is 0.831. The van der Waals surface area contributed by atoms with Gasteiger partial charge in [-0.15, -0.1) is 11.6 Å². The van der Waals surface area contributed by atoms with Crippen molar-refractivity contribution < 1.29 is 4.79 Å². The first-order valence-electron chi connectivity index (χ1n) is 5.80. The molecule has 1 aromatic carbocycles. The van der Waals surface area contributed by atoms with Crippen molar-refractivity contribution in [3.63, 3.8) is 0 Å². The second-order valence-corrected chi connectivity index (χ2v) is 5.94. The van der Waals surface area contributed by atoms with Crippen molar-refractivity contribution in [1.29, 1.82) is 0 Å². The Balaban J connectivity index is 1.74. The Kier molecular flexibility index (Phi) is 4.46. The van der Waals surface area contributed by atoms with Crippen molar-refractivity contribution in [3.05, 3.63) is 34.3 Å². The Morgan fingerprint density at radius 1 is 1.41 bits per heavy atom. The number of hydrogen-bond acceptors (Lipinski definition) is 1. The van der Waals surface area contributed by atoms with Gasteiger partial charge in [0.1, 0.15) is 0 Å². The maximum atomic E-state index is 11.7.